The lowest BCUT2D eigenvalue weighted by molar-refractivity contribution is -0.0978. The largest absolute Gasteiger partial charge is 0.381 e. The number of ether oxygens (including phenoxy) is 1. The quantitative estimate of drug-likeness (QED) is 0.936. The third-order valence-electron chi connectivity index (χ3n) is 5.15. The molecule has 3 rings (SSSR count). The van der Waals surface area contributed by atoms with Gasteiger partial charge in [0.25, 0.3) is 0 Å². The molecule has 4 nitrogen and oxygen atoms in total. The van der Waals surface area contributed by atoms with Gasteiger partial charge in [0.15, 0.2) is 0 Å². The Kier molecular flexibility index (Phi) is 4.00. The number of hydrogen-bond donors (Lipinski definition) is 1. The normalized spacial score (nSPS) is 23.7. The van der Waals surface area contributed by atoms with Gasteiger partial charge in [-0.3, -0.25) is 0 Å². The van der Waals surface area contributed by atoms with Gasteiger partial charge in [-0.2, -0.15) is 0 Å². The first-order chi connectivity index (χ1) is 10.3. The van der Waals surface area contributed by atoms with E-state index in [0.29, 0.717) is 12.1 Å². The van der Waals surface area contributed by atoms with Crippen LogP contribution >= 0.6 is 11.3 Å². The molecule has 0 radical (unpaired) electrons. The summed E-state index contributed by atoms with van der Waals surface area (Å²) in [7, 11) is 1.81. The van der Waals surface area contributed by atoms with E-state index in [9.17, 15) is 0 Å². The zero-order chi connectivity index (χ0) is 16.1. The second kappa shape index (κ2) is 5.55. The lowest BCUT2D eigenvalue weighted by Crippen LogP contribution is -2.60. The Bertz CT molecular complexity index is 707. The van der Waals surface area contributed by atoms with Crippen LogP contribution < -0.4 is 5.32 Å². The molecule has 1 aliphatic carbocycles. The SMILES string of the molecule is COC1CC(NCc2sc3nc(C)nc(C)c3c2C)C1(C)C. The van der Waals surface area contributed by atoms with Crippen LogP contribution in [0.15, 0.2) is 0 Å². The number of nitrogens with zero attached hydrogens (tertiary/aromatic N) is 2. The van der Waals surface area contributed by atoms with Gasteiger partial charge in [-0.05, 0) is 32.8 Å². The molecule has 2 atom stereocenters. The topological polar surface area (TPSA) is 47.0 Å². The van der Waals surface area contributed by atoms with Crippen molar-refractivity contribution in [3.8, 4) is 0 Å². The van der Waals surface area contributed by atoms with Crippen LogP contribution in [0, 0.1) is 26.2 Å². The zero-order valence-corrected chi connectivity index (χ0v) is 15.1. The number of methoxy groups -OCH3 is 1. The Morgan fingerprint density at radius 2 is 2.00 bits per heavy atom. The predicted octanol–water partition coefficient (Wildman–Crippen LogP) is 3.52. The summed E-state index contributed by atoms with van der Waals surface area (Å²) in [5.74, 6) is 0.855. The van der Waals surface area contributed by atoms with Crippen LogP contribution in [0.1, 0.15) is 42.2 Å². The minimum absolute atomic E-state index is 0.200. The van der Waals surface area contributed by atoms with Crippen LogP contribution in [0.2, 0.25) is 0 Å². The molecule has 1 aliphatic rings. The third-order valence-corrected chi connectivity index (χ3v) is 6.34. The predicted molar refractivity (Wildman–Crippen MR) is 91.4 cm³/mol. The maximum absolute atomic E-state index is 5.53. The Morgan fingerprint density at radius 1 is 1.27 bits per heavy atom. The maximum Gasteiger partial charge on any atom is 0.127 e. The fourth-order valence-electron chi connectivity index (χ4n) is 3.54. The van der Waals surface area contributed by atoms with Crippen molar-refractivity contribution < 1.29 is 4.74 Å². The Morgan fingerprint density at radius 3 is 2.64 bits per heavy atom. The lowest BCUT2D eigenvalue weighted by atomic mass is 9.64. The fourth-order valence-corrected chi connectivity index (χ4v) is 4.76. The summed E-state index contributed by atoms with van der Waals surface area (Å²) in [5, 5.41) is 4.94. The molecule has 0 spiro atoms. The Labute approximate surface area is 136 Å². The van der Waals surface area contributed by atoms with E-state index in [1.54, 1.807) is 11.3 Å². The van der Waals surface area contributed by atoms with E-state index in [0.717, 1.165) is 29.3 Å². The van der Waals surface area contributed by atoms with Crippen LogP contribution in [0.25, 0.3) is 10.2 Å². The average molecular weight is 319 g/mol. The third kappa shape index (κ3) is 2.45. The van der Waals surface area contributed by atoms with Gasteiger partial charge < -0.3 is 10.1 Å². The van der Waals surface area contributed by atoms with E-state index < -0.39 is 0 Å². The average Bonchev–Trinajstić information content (AvgIpc) is 2.74. The van der Waals surface area contributed by atoms with Crippen molar-refractivity contribution >= 4 is 21.6 Å². The first kappa shape index (κ1) is 15.8. The van der Waals surface area contributed by atoms with Crippen molar-refractivity contribution in [1.82, 2.24) is 15.3 Å². The van der Waals surface area contributed by atoms with Crippen molar-refractivity contribution in [1.29, 1.82) is 0 Å². The number of rotatable bonds is 4. The van der Waals surface area contributed by atoms with E-state index in [4.69, 9.17) is 4.74 Å². The number of aryl methyl sites for hydroxylation is 3. The van der Waals surface area contributed by atoms with Crippen LogP contribution in [-0.4, -0.2) is 29.2 Å². The molecule has 0 amide bonds. The summed E-state index contributed by atoms with van der Waals surface area (Å²) in [6, 6.07) is 0.510. The highest BCUT2D eigenvalue weighted by molar-refractivity contribution is 7.18. The smallest absolute Gasteiger partial charge is 0.127 e. The Balaban J connectivity index is 1.78. The molecule has 2 aromatic rings. The molecule has 0 aromatic carbocycles. The fraction of sp³-hybridized carbons (Fsp3) is 0.647. The van der Waals surface area contributed by atoms with Crippen molar-refractivity contribution in [3.05, 3.63) is 22.0 Å². The Hall–Kier alpha value is -1.04. The number of nitrogens with one attached hydrogen (secondary N) is 1. The van der Waals surface area contributed by atoms with Crippen LogP contribution in [-0.2, 0) is 11.3 Å². The first-order valence-electron chi connectivity index (χ1n) is 7.84. The van der Waals surface area contributed by atoms with Crippen molar-refractivity contribution in [3.63, 3.8) is 0 Å². The molecule has 0 saturated heterocycles. The molecule has 1 N–H and O–H groups in total. The monoisotopic (exact) mass is 319 g/mol. The summed E-state index contributed by atoms with van der Waals surface area (Å²) in [6.45, 7) is 11.7. The molecular weight excluding hydrogens is 294 g/mol. The van der Waals surface area contributed by atoms with E-state index in [1.807, 2.05) is 14.0 Å². The zero-order valence-electron chi connectivity index (χ0n) is 14.3. The molecule has 0 bridgehead atoms. The van der Waals surface area contributed by atoms with Gasteiger partial charge >= 0.3 is 0 Å². The second-order valence-electron chi connectivity index (χ2n) is 6.90. The van der Waals surface area contributed by atoms with Crippen LogP contribution in [0.3, 0.4) is 0 Å². The van der Waals surface area contributed by atoms with Crippen molar-refractivity contribution in [2.45, 2.75) is 59.7 Å². The van der Waals surface area contributed by atoms with E-state index in [2.05, 4.69) is 43.0 Å². The van der Waals surface area contributed by atoms with Gasteiger partial charge in [-0.15, -0.1) is 11.3 Å². The molecule has 5 heteroatoms. The summed E-state index contributed by atoms with van der Waals surface area (Å²) in [6.07, 6.45) is 1.45. The molecule has 120 valence electrons. The van der Waals surface area contributed by atoms with Gasteiger partial charge in [0.2, 0.25) is 0 Å². The summed E-state index contributed by atoms with van der Waals surface area (Å²) >= 11 is 1.79. The molecule has 0 aliphatic heterocycles. The minimum Gasteiger partial charge on any atom is -0.381 e. The van der Waals surface area contributed by atoms with Gasteiger partial charge in [-0.1, -0.05) is 13.8 Å². The van der Waals surface area contributed by atoms with Gasteiger partial charge in [0.1, 0.15) is 10.7 Å². The summed E-state index contributed by atoms with van der Waals surface area (Å²) < 4.78 is 5.53. The van der Waals surface area contributed by atoms with Crippen LogP contribution in [0.4, 0.5) is 0 Å². The maximum atomic E-state index is 5.53. The lowest BCUT2D eigenvalue weighted by Gasteiger charge is -2.51. The molecular formula is C17H25N3OS. The molecule has 2 aromatic heterocycles. The number of thiophene rings is 1. The highest BCUT2D eigenvalue weighted by Crippen LogP contribution is 2.42. The van der Waals surface area contributed by atoms with Crippen molar-refractivity contribution in [2.24, 2.45) is 5.41 Å². The highest BCUT2D eigenvalue weighted by Gasteiger charge is 2.48. The summed E-state index contributed by atoms with van der Waals surface area (Å²) in [5.41, 5.74) is 2.61. The van der Waals surface area contributed by atoms with E-state index in [-0.39, 0.29) is 5.41 Å². The molecule has 1 saturated carbocycles. The first-order valence-corrected chi connectivity index (χ1v) is 8.65. The molecule has 22 heavy (non-hydrogen) atoms. The number of hydrogen-bond acceptors (Lipinski definition) is 5. The number of fused-ring (bicyclic) bond motifs is 1. The van der Waals surface area contributed by atoms with Crippen molar-refractivity contribution in [2.75, 3.05) is 7.11 Å². The standard InChI is InChI=1S/C17H25N3OS/c1-9-12(8-18-13-7-14(21-6)17(13,4)5)22-16-15(9)10(2)19-11(3)20-16/h13-14,18H,7-8H2,1-6H3. The minimum atomic E-state index is 0.200. The van der Waals surface area contributed by atoms with Gasteiger partial charge in [-0.25, -0.2) is 9.97 Å². The second-order valence-corrected chi connectivity index (χ2v) is 7.99. The van der Waals surface area contributed by atoms with Crippen LogP contribution in [0.5, 0.6) is 0 Å². The summed E-state index contributed by atoms with van der Waals surface area (Å²) in [4.78, 5) is 11.6. The number of aromatic nitrogens is 2. The highest BCUT2D eigenvalue weighted by atomic mass is 32.1. The van der Waals surface area contributed by atoms with Gasteiger partial charge in [0, 0.05) is 41.1 Å². The molecule has 2 unspecified atom stereocenters. The van der Waals surface area contributed by atoms with E-state index in [1.165, 1.54) is 15.8 Å². The molecule has 1 fully saturated rings. The van der Waals surface area contributed by atoms with E-state index >= 15 is 0 Å². The van der Waals surface area contributed by atoms with Gasteiger partial charge in [0.05, 0.1) is 6.10 Å². The molecule has 2 heterocycles.